The van der Waals surface area contributed by atoms with Crippen molar-refractivity contribution in [1.82, 2.24) is 4.98 Å². The SMILES string of the molecule is COc1ccccc1NC(=O)c1cccc(C(F)(F)F)n1. The monoisotopic (exact) mass is 296 g/mol. The van der Waals surface area contributed by atoms with Crippen molar-refractivity contribution < 1.29 is 22.7 Å². The third-order valence-electron chi connectivity index (χ3n) is 2.63. The molecule has 1 aromatic carbocycles. The van der Waals surface area contributed by atoms with Gasteiger partial charge < -0.3 is 10.1 Å². The first kappa shape index (κ1) is 14.8. The Morgan fingerprint density at radius 1 is 1.14 bits per heavy atom. The molecule has 2 rings (SSSR count). The predicted octanol–water partition coefficient (Wildman–Crippen LogP) is 3.36. The molecule has 0 radical (unpaired) electrons. The normalized spacial score (nSPS) is 11.0. The van der Waals surface area contributed by atoms with Crippen molar-refractivity contribution in [3.8, 4) is 5.75 Å². The van der Waals surface area contributed by atoms with Gasteiger partial charge in [-0.25, -0.2) is 4.98 Å². The smallest absolute Gasteiger partial charge is 0.433 e. The number of rotatable bonds is 3. The van der Waals surface area contributed by atoms with Crippen molar-refractivity contribution in [2.75, 3.05) is 12.4 Å². The molecule has 0 unspecified atom stereocenters. The number of aromatic nitrogens is 1. The molecule has 1 amide bonds. The van der Waals surface area contributed by atoms with Crippen LogP contribution in [0.4, 0.5) is 18.9 Å². The van der Waals surface area contributed by atoms with E-state index in [1.165, 1.54) is 13.2 Å². The maximum Gasteiger partial charge on any atom is 0.433 e. The van der Waals surface area contributed by atoms with Crippen molar-refractivity contribution in [2.24, 2.45) is 0 Å². The number of nitrogens with zero attached hydrogens (tertiary/aromatic N) is 1. The number of ether oxygens (including phenoxy) is 1. The number of carbonyl (C=O) groups is 1. The highest BCUT2D eigenvalue weighted by atomic mass is 19.4. The van der Waals surface area contributed by atoms with Crippen LogP contribution in [0.5, 0.6) is 5.75 Å². The average molecular weight is 296 g/mol. The summed E-state index contributed by atoms with van der Waals surface area (Å²) in [5, 5.41) is 2.46. The zero-order valence-corrected chi connectivity index (χ0v) is 10.9. The van der Waals surface area contributed by atoms with Gasteiger partial charge in [-0.3, -0.25) is 4.79 Å². The third-order valence-corrected chi connectivity index (χ3v) is 2.63. The summed E-state index contributed by atoms with van der Waals surface area (Å²) in [4.78, 5) is 15.3. The van der Waals surface area contributed by atoms with E-state index in [1.807, 2.05) is 0 Å². The van der Waals surface area contributed by atoms with Crippen molar-refractivity contribution in [3.05, 3.63) is 53.9 Å². The quantitative estimate of drug-likeness (QED) is 0.945. The maximum absolute atomic E-state index is 12.6. The molecule has 0 saturated heterocycles. The molecule has 7 heteroatoms. The molecule has 4 nitrogen and oxygen atoms in total. The Labute approximate surface area is 118 Å². The standard InChI is InChI=1S/C14H11F3N2O2/c1-21-11-7-3-2-5-9(11)19-13(20)10-6-4-8-12(18-10)14(15,16)17/h2-8H,1H3,(H,19,20). The number of halogens is 3. The van der Waals surface area contributed by atoms with Gasteiger partial charge in [-0.05, 0) is 24.3 Å². The molecule has 0 saturated carbocycles. The molecule has 1 N–H and O–H groups in total. The number of para-hydroxylation sites is 2. The summed E-state index contributed by atoms with van der Waals surface area (Å²) >= 11 is 0. The topological polar surface area (TPSA) is 51.2 Å². The number of hydrogen-bond acceptors (Lipinski definition) is 3. The number of pyridine rings is 1. The van der Waals surface area contributed by atoms with E-state index < -0.39 is 17.8 Å². The Balaban J connectivity index is 2.25. The van der Waals surface area contributed by atoms with Gasteiger partial charge in [0, 0.05) is 0 Å². The van der Waals surface area contributed by atoms with Gasteiger partial charge in [0.1, 0.15) is 17.1 Å². The van der Waals surface area contributed by atoms with Gasteiger partial charge in [-0.1, -0.05) is 18.2 Å². The number of nitrogens with one attached hydrogen (secondary N) is 1. The molecular weight excluding hydrogens is 285 g/mol. The molecule has 0 fully saturated rings. The molecule has 0 aliphatic rings. The molecule has 1 aromatic heterocycles. The van der Waals surface area contributed by atoms with Gasteiger partial charge in [0.15, 0.2) is 0 Å². The van der Waals surface area contributed by atoms with Gasteiger partial charge >= 0.3 is 6.18 Å². The van der Waals surface area contributed by atoms with E-state index in [0.29, 0.717) is 11.4 Å². The molecule has 1 heterocycles. The minimum absolute atomic E-state index is 0.323. The summed E-state index contributed by atoms with van der Waals surface area (Å²) in [7, 11) is 1.42. The lowest BCUT2D eigenvalue weighted by Gasteiger charge is -2.10. The molecule has 0 aliphatic heterocycles. The fourth-order valence-electron chi connectivity index (χ4n) is 1.65. The Morgan fingerprint density at radius 2 is 1.86 bits per heavy atom. The molecule has 0 atom stereocenters. The second-order valence-electron chi connectivity index (χ2n) is 4.06. The number of benzene rings is 1. The maximum atomic E-state index is 12.6. The van der Waals surface area contributed by atoms with Crippen LogP contribution < -0.4 is 10.1 Å². The lowest BCUT2D eigenvalue weighted by atomic mass is 10.2. The molecule has 0 bridgehead atoms. The number of methoxy groups -OCH3 is 1. The highest BCUT2D eigenvalue weighted by molar-refractivity contribution is 6.03. The van der Waals surface area contributed by atoms with E-state index in [0.717, 1.165) is 12.1 Å². The fraction of sp³-hybridized carbons (Fsp3) is 0.143. The van der Waals surface area contributed by atoms with Crippen molar-refractivity contribution in [1.29, 1.82) is 0 Å². The molecular formula is C14H11F3N2O2. The average Bonchev–Trinajstić information content (AvgIpc) is 2.47. The number of hydrogen-bond donors (Lipinski definition) is 1. The van der Waals surface area contributed by atoms with E-state index in [-0.39, 0.29) is 5.69 Å². The van der Waals surface area contributed by atoms with Crippen LogP contribution in [-0.4, -0.2) is 18.0 Å². The molecule has 21 heavy (non-hydrogen) atoms. The third kappa shape index (κ3) is 3.50. The highest BCUT2D eigenvalue weighted by Gasteiger charge is 2.32. The Morgan fingerprint density at radius 3 is 2.52 bits per heavy atom. The summed E-state index contributed by atoms with van der Waals surface area (Å²) in [5.74, 6) is -0.344. The number of amides is 1. The molecule has 0 spiro atoms. The van der Waals surface area contributed by atoms with Gasteiger partial charge in [0.05, 0.1) is 12.8 Å². The second-order valence-corrected chi connectivity index (χ2v) is 4.06. The number of carbonyl (C=O) groups excluding carboxylic acids is 1. The van der Waals surface area contributed by atoms with Crippen LogP contribution in [0.25, 0.3) is 0 Å². The highest BCUT2D eigenvalue weighted by Crippen LogP contribution is 2.28. The van der Waals surface area contributed by atoms with Crippen LogP contribution in [0.3, 0.4) is 0 Å². The van der Waals surface area contributed by atoms with Gasteiger partial charge in [-0.15, -0.1) is 0 Å². The largest absolute Gasteiger partial charge is 0.495 e. The van der Waals surface area contributed by atoms with Gasteiger partial charge in [-0.2, -0.15) is 13.2 Å². The molecule has 110 valence electrons. The predicted molar refractivity (Wildman–Crippen MR) is 70.2 cm³/mol. The van der Waals surface area contributed by atoms with Crippen LogP contribution in [0.15, 0.2) is 42.5 Å². The summed E-state index contributed by atoms with van der Waals surface area (Å²) in [6.07, 6.45) is -4.60. The van der Waals surface area contributed by atoms with Crippen molar-refractivity contribution in [3.63, 3.8) is 0 Å². The zero-order chi connectivity index (χ0) is 15.5. The fourth-order valence-corrected chi connectivity index (χ4v) is 1.65. The Kier molecular flexibility index (Phi) is 4.11. The summed E-state index contributed by atoms with van der Waals surface area (Å²) in [5.41, 5.74) is -1.09. The summed E-state index contributed by atoms with van der Waals surface area (Å²) in [6.45, 7) is 0. The lowest BCUT2D eigenvalue weighted by molar-refractivity contribution is -0.141. The zero-order valence-electron chi connectivity index (χ0n) is 10.9. The first-order chi connectivity index (χ1) is 9.91. The van der Waals surface area contributed by atoms with E-state index in [1.54, 1.807) is 24.3 Å². The molecule has 2 aromatic rings. The number of alkyl halides is 3. The molecule has 0 aliphatic carbocycles. The summed E-state index contributed by atoms with van der Waals surface area (Å²) in [6, 6.07) is 9.71. The van der Waals surface area contributed by atoms with E-state index in [9.17, 15) is 18.0 Å². The number of anilines is 1. The Bertz CT molecular complexity index is 657. The minimum Gasteiger partial charge on any atom is -0.495 e. The van der Waals surface area contributed by atoms with Gasteiger partial charge in [0.25, 0.3) is 5.91 Å². The lowest BCUT2D eigenvalue weighted by Crippen LogP contribution is -2.17. The van der Waals surface area contributed by atoms with Crippen LogP contribution in [0.1, 0.15) is 16.2 Å². The van der Waals surface area contributed by atoms with Crippen molar-refractivity contribution >= 4 is 11.6 Å². The Hall–Kier alpha value is -2.57. The van der Waals surface area contributed by atoms with Crippen LogP contribution in [-0.2, 0) is 6.18 Å². The van der Waals surface area contributed by atoms with Crippen LogP contribution >= 0.6 is 0 Å². The first-order valence-electron chi connectivity index (χ1n) is 5.90. The van der Waals surface area contributed by atoms with Gasteiger partial charge in [0.2, 0.25) is 0 Å². The second kappa shape index (κ2) is 5.82. The van der Waals surface area contributed by atoms with E-state index in [2.05, 4.69) is 10.3 Å². The van der Waals surface area contributed by atoms with E-state index in [4.69, 9.17) is 4.74 Å². The van der Waals surface area contributed by atoms with Crippen LogP contribution in [0.2, 0.25) is 0 Å². The first-order valence-corrected chi connectivity index (χ1v) is 5.90. The minimum atomic E-state index is -4.60. The summed E-state index contributed by atoms with van der Waals surface area (Å²) < 4.78 is 42.7. The van der Waals surface area contributed by atoms with Crippen molar-refractivity contribution in [2.45, 2.75) is 6.18 Å². The van der Waals surface area contributed by atoms with Crippen LogP contribution in [0, 0.1) is 0 Å². The van der Waals surface area contributed by atoms with E-state index >= 15 is 0 Å².